The van der Waals surface area contributed by atoms with E-state index in [2.05, 4.69) is 234 Å². The Hall–Kier alpha value is -8.38. The molecule has 310 valence electrons. The van der Waals surface area contributed by atoms with Crippen molar-refractivity contribution < 1.29 is 9.15 Å². The second kappa shape index (κ2) is 14.3. The zero-order chi connectivity index (χ0) is 43.3. The number of rotatable bonds is 6. The van der Waals surface area contributed by atoms with Crippen LogP contribution in [0.1, 0.15) is 22.3 Å². The Morgan fingerprint density at radius 2 is 0.909 bits per heavy atom. The largest absolute Gasteiger partial charge is 0.457 e. The van der Waals surface area contributed by atoms with Crippen LogP contribution in [0.4, 0.5) is 34.1 Å². The maximum Gasteiger partial charge on any atom is 0.135 e. The van der Waals surface area contributed by atoms with E-state index in [1.165, 1.54) is 42.4 Å². The molecular weight excluding hydrogens is 825 g/mol. The van der Waals surface area contributed by atoms with Gasteiger partial charge in [0.25, 0.3) is 0 Å². The van der Waals surface area contributed by atoms with E-state index in [-0.39, 0.29) is 0 Å². The molecule has 14 rings (SSSR count). The molecule has 0 atom stereocenters. The number of anilines is 6. The van der Waals surface area contributed by atoms with Gasteiger partial charge in [-0.2, -0.15) is 0 Å². The average Bonchev–Trinajstić information content (AvgIpc) is 4.04. The van der Waals surface area contributed by atoms with Crippen molar-refractivity contribution in [2.75, 3.05) is 9.80 Å². The van der Waals surface area contributed by atoms with Crippen molar-refractivity contribution >= 4 is 87.6 Å². The number of benzene rings is 10. The highest BCUT2D eigenvalue weighted by molar-refractivity contribution is 7.26. The van der Waals surface area contributed by atoms with Gasteiger partial charge < -0.3 is 19.0 Å². The molecule has 0 bridgehead atoms. The molecule has 10 aromatic carbocycles. The SMILES string of the molecule is c1ccc(N(c2ccccc2)c2cc(N(c3ccc4c(c3)C3(c5ccccc5O4)c4ccccc4-c4ccccc43)c3ccc4oc5ccccc5c4c3)c3sc4ccccc4c3c2)cc1. The van der Waals surface area contributed by atoms with Crippen molar-refractivity contribution in [1.29, 1.82) is 0 Å². The molecule has 0 N–H and O–H groups in total. The summed E-state index contributed by atoms with van der Waals surface area (Å²) in [7, 11) is 0. The fourth-order valence-corrected chi connectivity index (χ4v) is 12.1. The van der Waals surface area contributed by atoms with Crippen molar-refractivity contribution in [1.82, 2.24) is 0 Å². The van der Waals surface area contributed by atoms with Gasteiger partial charge >= 0.3 is 0 Å². The van der Waals surface area contributed by atoms with Crippen LogP contribution in [0.5, 0.6) is 11.5 Å². The minimum atomic E-state index is -0.629. The predicted octanol–water partition coefficient (Wildman–Crippen LogP) is 17.4. The molecule has 5 heteroatoms. The Balaban J connectivity index is 1.09. The molecule has 3 heterocycles. The molecule has 4 nitrogen and oxygen atoms in total. The molecule has 1 spiro atoms. The predicted molar refractivity (Wildman–Crippen MR) is 273 cm³/mol. The average molecular weight is 863 g/mol. The standard InChI is InChI=1S/C61H38N2O2S/c1-3-17-39(18-4-1)62(40-19-5-2-6-20-40)43-36-49-47-24-10-16-30-59(47)66-60(49)54(38-43)63(41-31-33-56-48(35-41)46-23-9-14-28-55(46)64-56)42-32-34-58-53(37-42)61(52-27-13-15-29-57(52)65-58)50-25-11-7-21-44(50)45-22-8-12-26-51(45)61/h1-38H. The van der Waals surface area contributed by atoms with E-state index in [1.807, 2.05) is 17.4 Å². The fraction of sp³-hybridized carbons (Fsp3) is 0.0164. The van der Waals surface area contributed by atoms with Crippen LogP contribution in [-0.2, 0) is 5.41 Å². The van der Waals surface area contributed by atoms with Crippen molar-refractivity contribution in [3.8, 4) is 22.6 Å². The fourth-order valence-electron chi connectivity index (χ4n) is 11.0. The van der Waals surface area contributed by atoms with Crippen LogP contribution in [0.25, 0.3) is 53.2 Å². The molecule has 0 saturated carbocycles. The highest BCUT2D eigenvalue weighted by Crippen LogP contribution is 2.63. The van der Waals surface area contributed by atoms with Crippen molar-refractivity contribution in [3.63, 3.8) is 0 Å². The van der Waals surface area contributed by atoms with Gasteiger partial charge in [0.2, 0.25) is 0 Å². The number of hydrogen-bond donors (Lipinski definition) is 0. The van der Waals surface area contributed by atoms with Crippen molar-refractivity contribution in [2.24, 2.45) is 0 Å². The lowest BCUT2D eigenvalue weighted by molar-refractivity contribution is 0.436. The topological polar surface area (TPSA) is 28.9 Å². The summed E-state index contributed by atoms with van der Waals surface area (Å²) in [5.74, 6) is 1.72. The van der Waals surface area contributed by atoms with Crippen LogP contribution in [0, 0.1) is 0 Å². The molecule has 12 aromatic rings. The minimum absolute atomic E-state index is 0.629. The van der Waals surface area contributed by atoms with Gasteiger partial charge in [-0.25, -0.2) is 0 Å². The number of ether oxygens (including phenoxy) is 1. The first kappa shape index (κ1) is 37.0. The Bertz CT molecular complexity index is 3800. The highest BCUT2D eigenvalue weighted by atomic mass is 32.1. The van der Waals surface area contributed by atoms with Gasteiger partial charge in [0, 0.05) is 65.8 Å². The lowest BCUT2D eigenvalue weighted by atomic mass is 9.66. The number of fused-ring (bicyclic) bond motifs is 15. The molecule has 2 aromatic heterocycles. The molecule has 0 radical (unpaired) electrons. The zero-order valence-electron chi connectivity index (χ0n) is 35.6. The van der Waals surface area contributed by atoms with Gasteiger partial charge in [0.1, 0.15) is 22.7 Å². The molecule has 0 unspecified atom stereocenters. The number of hydrogen-bond acceptors (Lipinski definition) is 5. The number of furan rings is 1. The third-order valence-corrected chi connectivity index (χ3v) is 14.9. The van der Waals surface area contributed by atoms with E-state index in [1.54, 1.807) is 0 Å². The maximum atomic E-state index is 6.96. The quantitative estimate of drug-likeness (QED) is 0.167. The van der Waals surface area contributed by atoms with Crippen LogP contribution in [0.3, 0.4) is 0 Å². The second-order valence-corrected chi connectivity index (χ2v) is 18.2. The summed E-state index contributed by atoms with van der Waals surface area (Å²) in [6.07, 6.45) is 0. The van der Waals surface area contributed by atoms with Gasteiger partial charge in [-0.3, -0.25) is 0 Å². The van der Waals surface area contributed by atoms with Crippen molar-refractivity contribution in [2.45, 2.75) is 5.41 Å². The summed E-state index contributed by atoms with van der Waals surface area (Å²) in [5, 5.41) is 4.58. The van der Waals surface area contributed by atoms with Gasteiger partial charge in [-0.1, -0.05) is 140 Å². The molecular formula is C61H38N2O2S. The first-order valence-corrected chi connectivity index (χ1v) is 23.2. The lowest BCUT2D eigenvalue weighted by Gasteiger charge is -2.40. The molecule has 66 heavy (non-hydrogen) atoms. The normalized spacial score (nSPS) is 13.1. The first-order chi connectivity index (χ1) is 32.7. The van der Waals surface area contributed by atoms with Gasteiger partial charge in [-0.15, -0.1) is 11.3 Å². The first-order valence-electron chi connectivity index (χ1n) is 22.4. The third kappa shape index (κ3) is 5.32. The molecule has 0 amide bonds. The summed E-state index contributed by atoms with van der Waals surface area (Å²) in [4.78, 5) is 4.84. The molecule has 2 aliphatic rings. The van der Waals surface area contributed by atoms with E-state index in [4.69, 9.17) is 9.15 Å². The van der Waals surface area contributed by atoms with Crippen LogP contribution in [-0.4, -0.2) is 0 Å². The van der Waals surface area contributed by atoms with E-state index >= 15 is 0 Å². The molecule has 1 aliphatic heterocycles. The minimum Gasteiger partial charge on any atom is -0.457 e. The zero-order valence-corrected chi connectivity index (χ0v) is 36.4. The van der Waals surface area contributed by atoms with Gasteiger partial charge in [0.05, 0.1) is 15.8 Å². The Morgan fingerprint density at radius 3 is 1.67 bits per heavy atom. The van der Waals surface area contributed by atoms with Gasteiger partial charge in [0.15, 0.2) is 0 Å². The maximum absolute atomic E-state index is 6.96. The Kier molecular flexibility index (Phi) is 8.03. The smallest absolute Gasteiger partial charge is 0.135 e. The number of thiophene rings is 1. The number of nitrogens with zero attached hydrogens (tertiary/aromatic N) is 2. The summed E-state index contributed by atoms with van der Waals surface area (Å²) < 4.78 is 15.8. The number of para-hydroxylation sites is 4. The summed E-state index contributed by atoms with van der Waals surface area (Å²) in [6.45, 7) is 0. The van der Waals surface area contributed by atoms with E-state index in [0.717, 1.165) is 78.7 Å². The third-order valence-electron chi connectivity index (χ3n) is 13.7. The summed E-state index contributed by atoms with van der Waals surface area (Å²) >= 11 is 1.84. The lowest BCUT2D eigenvalue weighted by Crippen LogP contribution is -2.32. The highest BCUT2D eigenvalue weighted by Gasteiger charge is 2.51. The van der Waals surface area contributed by atoms with E-state index < -0.39 is 5.41 Å². The van der Waals surface area contributed by atoms with Crippen molar-refractivity contribution in [3.05, 3.63) is 253 Å². The Morgan fingerprint density at radius 1 is 0.348 bits per heavy atom. The van der Waals surface area contributed by atoms with E-state index in [9.17, 15) is 0 Å². The summed E-state index contributed by atoms with van der Waals surface area (Å²) in [5.41, 5.74) is 14.7. The van der Waals surface area contributed by atoms with Crippen LogP contribution in [0.2, 0.25) is 0 Å². The summed E-state index contributed by atoms with van der Waals surface area (Å²) in [6, 6.07) is 83.2. The molecule has 0 fully saturated rings. The van der Waals surface area contributed by atoms with Crippen LogP contribution < -0.4 is 14.5 Å². The van der Waals surface area contributed by atoms with E-state index in [0.29, 0.717) is 0 Å². The second-order valence-electron chi connectivity index (χ2n) is 17.2. The monoisotopic (exact) mass is 862 g/mol. The van der Waals surface area contributed by atoms with Crippen LogP contribution >= 0.6 is 11.3 Å². The van der Waals surface area contributed by atoms with Crippen LogP contribution in [0.15, 0.2) is 235 Å². The molecule has 0 saturated heterocycles. The van der Waals surface area contributed by atoms with Gasteiger partial charge in [-0.05, 0) is 113 Å². The Labute approximate surface area is 385 Å². The molecule has 1 aliphatic carbocycles.